The summed E-state index contributed by atoms with van der Waals surface area (Å²) < 4.78 is 34.4. The summed E-state index contributed by atoms with van der Waals surface area (Å²) in [7, 11) is -9.26. The summed E-state index contributed by atoms with van der Waals surface area (Å²) in [5, 5.41) is 0. The van der Waals surface area contributed by atoms with Gasteiger partial charge in [0.15, 0.2) is 0 Å². The van der Waals surface area contributed by atoms with Crippen LogP contribution in [-0.4, -0.2) is 51.5 Å². The van der Waals surface area contributed by atoms with Crippen LogP contribution in [0, 0.1) is 0 Å². The standard InChI is InChI=1S/C18H44O6P2Si2/c1-27(2,3)17-11-13-23-25(19,20)15-9-7-8-10-16-26(21,22)24-14-12-18-28(4,5)6/h7-18H2,1-6H3,(H,19,20)(H,21,22). The third-order valence-corrected chi connectivity index (χ3v) is 11.0. The highest BCUT2D eigenvalue weighted by atomic mass is 31.2. The second kappa shape index (κ2) is 13.2. The molecular weight excluding hydrogens is 430 g/mol. The first-order chi connectivity index (χ1) is 12.6. The summed E-state index contributed by atoms with van der Waals surface area (Å²) in [5.41, 5.74) is 0. The van der Waals surface area contributed by atoms with Crippen LogP contribution >= 0.6 is 15.2 Å². The molecule has 2 atom stereocenters. The van der Waals surface area contributed by atoms with Crippen LogP contribution in [0.4, 0.5) is 0 Å². The van der Waals surface area contributed by atoms with Gasteiger partial charge in [0, 0.05) is 28.5 Å². The second-order valence-corrected chi connectivity index (χ2v) is 25.3. The van der Waals surface area contributed by atoms with Crippen LogP contribution in [0.2, 0.25) is 51.4 Å². The molecule has 0 spiro atoms. The third-order valence-electron chi connectivity index (χ3n) is 4.36. The van der Waals surface area contributed by atoms with Gasteiger partial charge >= 0.3 is 15.2 Å². The van der Waals surface area contributed by atoms with E-state index in [2.05, 4.69) is 39.3 Å². The van der Waals surface area contributed by atoms with Gasteiger partial charge in [0.1, 0.15) is 0 Å². The molecule has 0 aromatic carbocycles. The van der Waals surface area contributed by atoms with Gasteiger partial charge in [-0.15, -0.1) is 0 Å². The van der Waals surface area contributed by atoms with E-state index < -0.39 is 31.3 Å². The van der Waals surface area contributed by atoms with Crippen LogP contribution in [0.5, 0.6) is 0 Å². The van der Waals surface area contributed by atoms with Gasteiger partial charge in [-0.2, -0.15) is 0 Å². The maximum Gasteiger partial charge on any atom is 0.328 e. The van der Waals surface area contributed by atoms with Gasteiger partial charge in [0.25, 0.3) is 0 Å². The Hall–Kier alpha value is 0.734. The molecule has 2 unspecified atom stereocenters. The quantitative estimate of drug-likeness (QED) is 0.144. The lowest BCUT2D eigenvalue weighted by Crippen LogP contribution is -2.19. The SMILES string of the molecule is C[Si](C)(C)CCCOP(=O)(O)CCCCCCP(=O)(O)OCCC[Si](C)(C)C. The molecule has 0 aromatic heterocycles. The number of hydrogen-bond donors (Lipinski definition) is 2. The highest BCUT2D eigenvalue weighted by Gasteiger charge is 2.21. The summed E-state index contributed by atoms with van der Waals surface area (Å²) in [5.74, 6) is 0. The number of unbranched alkanes of at least 4 members (excludes halogenated alkanes) is 3. The summed E-state index contributed by atoms with van der Waals surface area (Å²) in [6.45, 7) is 14.3. The molecule has 0 aliphatic heterocycles. The molecule has 170 valence electrons. The van der Waals surface area contributed by atoms with Crippen molar-refractivity contribution < 1.29 is 28.0 Å². The van der Waals surface area contributed by atoms with Crippen molar-refractivity contribution in [2.24, 2.45) is 0 Å². The minimum Gasteiger partial charge on any atom is -0.324 e. The minimum atomic E-state index is -3.50. The highest BCUT2D eigenvalue weighted by molar-refractivity contribution is 7.53. The Labute approximate surface area is 174 Å². The normalized spacial score (nSPS) is 17.3. The second-order valence-electron chi connectivity index (χ2n) is 10.1. The zero-order valence-corrected chi connectivity index (χ0v) is 22.7. The predicted octanol–water partition coefficient (Wildman–Crippen LogP) is 6.41. The van der Waals surface area contributed by atoms with Crippen LogP contribution in [0.25, 0.3) is 0 Å². The predicted molar refractivity (Wildman–Crippen MR) is 125 cm³/mol. The Morgan fingerprint density at radius 1 is 0.607 bits per heavy atom. The molecule has 6 nitrogen and oxygen atoms in total. The van der Waals surface area contributed by atoms with Crippen molar-refractivity contribution in [1.29, 1.82) is 0 Å². The molecule has 10 heteroatoms. The van der Waals surface area contributed by atoms with E-state index in [-0.39, 0.29) is 12.3 Å². The maximum absolute atomic E-state index is 12.0. The lowest BCUT2D eigenvalue weighted by atomic mass is 10.2. The van der Waals surface area contributed by atoms with Crippen molar-refractivity contribution in [2.75, 3.05) is 25.5 Å². The Morgan fingerprint density at radius 2 is 0.929 bits per heavy atom. The first kappa shape index (κ1) is 28.7. The van der Waals surface area contributed by atoms with Crippen molar-refractivity contribution in [3.8, 4) is 0 Å². The largest absolute Gasteiger partial charge is 0.328 e. The lowest BCUT2D eigenvalue weighted by molar-refractivity contribution is 0.256. The van der Waals surface area contributed by atoms with E-state index in [1.54, 1.807) is 0 Å². The van der Waals surface area contributed by atoms with Crippen molar-refractivity contribution >= 4 is 31.3 Å². The molecule has 0 amide bonds. The summed E-state index contributed by atoms with van der Waals surface area (Å²) in [6.07, 6.45) is 4.67. The van der Waals surface area contributed by atoms with Crippen LogP contribution in [0.1, 0.15) is 38.5 Å². The monoisotopic (exact) mass is 474 g/mol. The first-order valence-electron chi connectivity index (χ1n) is 10.5. The molecule has 0 rings (SSSR count). The molecule has 0 fully saturated rings. The molecule has 2 N–H and O–H groups in total. The van der Waals surface area contributed by atoms with Gasteiger partial charge in [0.2, 0.25) is 0 Å². The van der Waals surface area contributed by atoms with Crippen molar-refractivity contribution in [2.45, 2.75) is 89.9 Å². The Morgan fingerprint density at radius 3 is 1.21 bits per heavy atom. The molecule has 0 saturated heterocycles. The van der Waals surface area contributed by atoms with Gasteiger partial charge in [-0.3, -0.25) is 9.13 Å². The fourth-order valence-corrected chi connectivity index (χ4v) is 7.47. The van der Waals surface area contributed by atoms with E-state index in [4.69, 9.17) is 9.05 Å². The zero-order chi connectivity index (χ0) is 21.9. The van der Waals surface area contributed by atoms with Crippen LogP contribution in [-0.2, 0) is 18.2 Å². The Bertz CT molecular complexity index is 471. The van der Waals surface area contributed by atoms with Gasteiger partial charge in [-0.05, 0) is 25.7 Å². The summed E-state index contributed by atoms with van der Waals surface area (Å²) in [6, 6.07) is 2.18. The Kier molecular flexibility index (Phi) is 13.6. The van der Waals surface area contributed by atoms with E-state index in [0.29, 0.717) is 26.1 Å². The van der Waals surface area contributed by atoms with E-state index in [9.17, 15) is 18.9 Å². The van der Waals surface area contributed by atoms with Gasteiger partial charge in [-0.1, -0.05) is 64.2 Å². The van der Waals surface area contributed by atoms with Crippen molar-refractivity contribution in [3.63, 3.8) is 0 Å². The minimum absolute atomic E-state index is 0.157. The topological polar surface area (TPSA) is 93.1 Å². The molecule has 0 heterocycles. The van der Waals surface area contributed by atoms with Crippen LogP contribution in [0.15, 0.2) is 0 Å². The van der Waals surface area contributed by atoms with Crippen molar-refractivity contribution in [1.82, 2.24) is 0 Å². The molecule has 0 bridgehead atoms. The number of hydrogen-bond acceptors (Lipinski definition) is 4. The van der Waals surface area contributed by atoms with E-state index >= 15 is 0 Å². The molecule has 0 saturated carbocycles. The van der Waals surface area contributed by atoms with E-state index in [1.807, 2.05) is 0 Å². The zero-order valence-electron chi connectivity index (χ0n) is 18.9. The summed E-state index contributed by atoms with van der Waals surface area (Å²) >= 11 is 0. The van der Waals surface area contributed by atoms with Gasteiger partial charge in [0.05, 0.1) is 13.2 Å². The van der Waals surface area contributed by atoms with E-state index in [1.165, 1.54) is 0 Å². The fraction of sp³-hybridized carbons (Fsp3) is 1.00. The van der Waals surface area contributed by atoms with Gasteiger partial charge < -0.3 is 18.8 Å². The lowest BCUT2D eigenvalue weighted by Gasteiger charge is -2.17. The molecule has 28 heavy (non-hydrogen) atoms. The molecular formula is C18H44O6P2Si2. The molecule has 0 radical (unpaired) electrons. The average molecular weight is 475 g/mol. The number of rotatable bonds is 17. The fourth-order valence-electron chi connectivity index (χ4n) is 2.73. The molecule has 0 aliphatic carbocycles. The van der Waals surface area contributed by atoms with Gasteiger partial charge in [-0.25, -0.2) is 0 Å². The third kappa shape index (κ3) is 20.0. The molecule has 0 aromatic rings. The summed E-state index contributed by atoms with van der Waals surface area (Å²) in [4.78, 5) is 19.7. The van der Waals surface area contributed by atoms with Crippen molar-refractivity contribution in [3.05, 3.63) is 0 Å². The maximum atomic E-state index is 12.0. The Balaban J connectivity index is 3.77. The van der Waals surface area contributed by atoms with Crippen LogP contribution < -0.4 is 0 Å². The first-order valence-corrected chi connectivity index (χ1v) is 21.5. The molecule has 0 aliphatic rings. The average Bonchev–Trinajstić information content (AvgIpc) is 2.50. The van der Waals surface area contributed by atoms with Crippen LogP contribution in [0.3, 0.4) is 0 Å². The smallest absolute Gasteiger partial charge is 0.324 e. The highest BCUT2D eigenvalue weighted by Crippen LogP contribution is 2.44. The van der Waals surface area contributed by atoms with E-state index in [0.717, 1.165) is 37.8 Å².